The maximum absolute atomic E-state index is 14.0. The zero-order chi connectivity index (χ0) is 29.6. The molecule has 41 heavy (non-hydrogen) atoms. The highest BCUT2D eigenvalue weighted by molar-refractivity contribution is 7.92. The van der Waals surface area contributed by atoms with Crippen molar-refractivity contribution in [3.63, 3.8) is 0 Å². The maximum Gasteiger partial charge on any atom is 0.264 e. The van der Waals surface area contributed by atoms with Gasteiger partial charge >= 0.3 is 0 Å². The molecule has 1 aliphatic carbocycles. The van der Waals surface area contributed by atoms with Gasteiger partial charge in [0.05, 0.1) is 10.6 Å². The lowest BCUT2D eigenvalue weighted by atomic mass is 9.95. The van der Waals surface area contributed by atoms with Gasteiger partial charge in [0.25, 0.3) is 10.0 Å². The minimum atomic E-state index is -4.19. The van der Waals surface area contributed by atoms with Crippen molar-refractivity contribution in [2.45, 2.75) is 69.5 Å². The van der Waals surface area contributed by atoms with E-state index in [0.717, 1.165) is 36.4 Å². The second kappa shape index (κ2) is 13.5. The first-order valence-corrected chi connectivity index (χ1v) is 15.6. The number of benzene rings is 3. The van der Waals surface area contributed by atoms with Crippen molar-refractivity contribution < 1.29 is 22.4 Å². The largest absolute Gasteiger partial charge is 0.352 e. The average Bonchev–Trinajstić information content (AvgIpc) is 2.97. The molecule has 1 saturated carbocycles. The summed E-state index contributed by atoms with van der Waals surface area (Å²) in [6, 6.07) is 17.5. The number of hydrogen-bond acceptors (Lipinski definition) is 4. The van der Waals surface area contributed by atoms with E-state index in [9.17, 15) is 22.4 Å². The molecule has 3 aromatic carbocycles. The zero-order valence-corrected chi connectivity index (χ0v) is 24.8. The predicted molar refractivity (Wildman–Crippen MR) is 159 cm³/mol. The van der Waals surface area contributed by atoms with Gasteiger partial charge in [0.2, 0.25) is 11.8 Å². The minimum Gasteiger partial charge on any atom is -0.352 e. The molecule has 7 nitrogen and oxygen atoms in total. The van der Waals surface area contributed by atoms with Crippen molar-refractivity contribution >= 4 is 39.1 Å². The van der Waals surface area contributed by atoms with Crippen LogP contribution in [0.4, 0.5) is 10.1 Å². The van der Waals surface area contributed by atoms with Gasteiger partial charge < -0.3 is 10.2 Å². The van der Waals surface area contributed by atoms with Crippen LogP contribution in [0.5, 0.6) is 0 Å². The number of nitrogens with zero attached hydrogens (tertiary/aromatic N) is 2. The van der Waals surface area contributed by atoms with Crippen molar-refractivity contribution in [3.05, 3.63) is 94.8 Å². The Morgan fingerprint density at radius 3 is 2.32 bits per heavy atom. The zero-order valence-electron chi connectivity index (χ0n) is 23.2. The van der Waals surface area contributed by atoms with Gasteiger partial charge in [-0.25, -0.2) is 12.8 Å². The summed E-state index contributed by atoms with van der Waals surface area (Å²) in [5, 5.41) is 3.38. The van der Waals surface area contributed by atoms with Gasteiger partial charge in [0.15, 0.2) is 0 Å². The summed E-state index contributed by atoms with van der Waals surface area (Å²) in [7, 11) is -4.19. The van der Waals surface area contributed by atoms with E-state index in [1.807, 2.05) is 0 Å². The van der Waals surface area contributed by atoms with Gasteiger partial charge in [-0.2, -0.15) is 0 Å². The molecule has 0 aromatic heterocycles. The van der Waals surface area contributed by atoms with E-state index in [2.05, 4.69) is 5.32 Å². The van der Waals surface area contributed by atoms with Crippen LogP contribution in [0.3, 0.4) is 0 Å². The molecule has 0 heterocycles. The maximum atomic E-state index is 14.0. The topological polar surface area (TPSA) is 86.8 Å². The van der Waals surface area contributed by atoms with Gasteiger partial charge in [-0.15, -0.1) is 0 Å². The first-order chi connectivity index (χ1) is 19.6. The molecule has 0 aliphatic heterocycles. The quantitative estimate of drug-likeness (QED) is 0.317. The van der Waals surface area contributed by atoms with Crippen LogP contribution in [0.25, 0.3) is 0 Å². The van der Waals surface area contributed by atoms with E-state index in [1.165, 1.54) is 35.2 Å². The normalized spacial score (nSPS) is 14.7. The fourth-order valence-corrected chi connectivity index (χ4v) is 6.68. The van der Waals surface area contributed by atoms with Crippen LogP contribution in [-0.2, 0) is 26.2 Å². The van der Waals surface area contributed by atoms with Gasteiger partial charge in [-0.1, -0.05) is 67.3 Å². The number of nitrogens with one attached hydrogen (secondary N) is 1. The molecule has 3 aromatic rings. The van der Waals surface area contributed by atoms with Gasteiger partial charge in [0, 0.05) is 17.6 Å². The lowest BCUT2D eigenvalue weighted by molar-refractivity contribution is -0.139. The Morgan fingerprint density at radius 1 is 1.00 bits per heavy atom. The van der Waals surface area contributed by atoms with Crippen molar-refractivity contribution in [1.82, 2.24) is 10.2 Å². The van der Waals surface area contributed by atoms with E-state index >= 15 is 0 Å². The monoisotopic (exact) mass is 599 g/mol. The number of carbonyl (C=O) groups is 2. The van der Waals surface area contributed by atoms with Crippen LogP contribution >= 0.6 is 11.6 Å². The van der Waals surface area contributed by atoms with Crippen molar-refractivity contribution in [2.24, 2.45) is 0 Å². The molecule has 218 valence electrons. The summed E-state index contributed by atoms with van der Waals surface area (Å²) in [6.45, 7) is 2.78. The number of hydrogen-bond donors (Lipinski definition) is 1. The minimum absolute atomic E-state index is 0.00782. The Kier molecular flexibility index (Phi) is 10.0. The fourth-order valence-electron chi connectivity index (χ4n) is 5.02. The standard InChI is InChI=1S/C31H35ClFN3O4S/c1-22-13-16-25(32)19-29(22)36(41(39,40)28-11-7-4-8-12-28)21-30(37)35(20-24-14-17-26(33)18-15-24)23(2)31(38)34-27-9-5-3-6-10-27/h4,7-8,11-19,23,27H,3,5-6,9-10,20-21H2,1-2H3,(H,34,38). The summed E-state index contributed by atoms with van der Waals surface area (Å²) < 4.78 is 42.5. The van der Waals surface area contributed by atoms with Crippen LogP contribution < -0.4 is 9.62 Å². The van der Waals surface area contributed by atoms with Crippen molar-refractivity contribution in [3.8, 4) is 0 Å². The molecule has 1 N–H and O–H groups in total. The van der Waals surface area contributed by atoms with E-state index in [-0.39, 0.29) is 29.1 Å². The third kappa shape index (κ3) is 7.65. The molecule has 10 heteroatoms. The van der Waals surface area contributed by atoms with E-state index in [4.69, 9.17) is 11.6 Å². The van der Waals surface area contributed by atoms with Crippen LogP contribution in [0.15, 0.2) is 77.7 Å². The molecule has 1 aliphatic rings. The molecular weight excluding hydrogens is 565 g/mol. The van der Waals surface area contributed by atoms with Crippen molar-refractivity contribution in [1.29, 1.82) is 0 Å². The highest BCUT2D eigenvalue weighted by Crippen LogP contribution is 2.30. The molecule has 2 amide bonds. The molecule has 0 saturated heterocycles. The van der Waals surface area contributed by atoms with Crippen LogP contribution in [-0.4, -0.2) is 43.8 Å². The summed E-state index contributed by atoms with van der Waals surface area (Å²) in [5.74, 6) is -1.32. The Balaban J connectivity index is 1.69. The molecule has 0 radical (unpaired) electrons. The lowest BCUT2D eigenvalue weighted by Gasteiger charge is -2.33. The molecule has 0 bridgehead atoms. The predicted octanol–water partition coefficient (Wildman–Crippen LogP) is 5.85. The molecule has 1 fully saturated rings. The van der Waals surface area contributed by atoms with Crippen LogP contribution in [0.2, 0.25) is 5.02 Å². The number of aryl methyl sites for hydroxylation is 1. The fraction of sp³-hybridized carbons (Fsp3) is 0.355. The highest BCUT2D eigenvalue weighted by atomic mass is 35.5. The first-order valence-electron chi connectivity index (χ1n) is 13.7. The second-order valence-corrected chi connectivity index (χ2v) is 12.7. The Morgan fingerprint density at radius 2 is 1.66 bits per heavy atom. The van der Waals surface area contributed by atoms with E-state index in [0.29, 0.717) is 16.1 Å². The third-order valence-electron chi connectivity index (χ3n) is 7.43. The van der Waals surface area contributed by atoms with E-state index < -0.39 is 34.3 Å². The first kappa shape index (κ1) is 30.5. The average molecular weight is 600 g/mol. The molecule has 4 rings (SSSR count). The summed E-state index contributed by atoms with van der Waals surface area (Å²) >= 11 is 6.26. The molecule has 0 spiro atoms. The van der Waals surface area contributed by atoms with Gasteiger partial charge in [-0.3, -0.25) is 13.9 Å². The van der Waals surface area contributed by atoms with Gasteiger partial charge in [-0.05, 0) is 74.2 Å². The number of halogens is 2. The Bertz CT molecular complexity index is 1460. The molecule has 1 unspecified atom stereocenters. The SMILES string of the molecule is Cc1ccc(Cl)cc1N(CC(=O)N(Cc1ccc(F)cc1)C(C)C(=O)NC1CCCCC1)S(=O)(=O)c1ccccc1. The summed E-state index contributed by atoms with van der Waals surface area (Å²) in [6.07, 6.45) is 4.94. The van der Waals surface area contributed by atoms with Crippen molar-refractivity contribution in [2.75, 3.05) is 10.8 Å². The molecular formula is C31H35ClFN3O4S. The summed E-state index contributed by atoms with van der Waals surface area (Å²) in [4.78, 5) is 28.8. The number of amides is 2. The lowest BCUT2D eigenvalue weighted by Crippen LogP contribution is -2.53. The third-order valence-corrected chi connectivity index (χ3v) is 9.44. The number of anilines is 1. The second-order valence-electron chi connectivity index (χ2n) is 10.4. The number of carbonyl (C=O) groups excluding carboxylic acids is 2. The van der Waals surface area contributed by atoms with E-state index in [1.54, 1.807) is 56.3 Å². The Hall–Kier alpha value is -3.43. The highest BCUT2D eigenvalue weighted by Gasteiger charge is 2.33. The number of sulfonamides is 1. The van der Waals surface area contributed by atoms with Crippen LogP contribution in [0.1, 0.15) is 50.2 Å². The summed E-state index contributed by atoms with van der Waals surface area (Å²) in [5.41, 5.74) is 1.47. The smallest absolute Gasteiger partial charge is 0.264 e. The number of rotatable bonds is 10. The molecule has 1 atom stereocenters. The Labute approximate surface area is 246 Å². The van der Waals surface area contributed by atoms with Crippen LogP contribution in [0, 0.1) is 12.7 Å². The van der Waals surface area contributed by atoms with Gasteiger partial charge in [0.1, 0.15) is 18.4 Å².